The molecule has 7 heteroatoms. The highest BCUT2D eigenvalue weighted by Crippen LogP contribution is 2.25. The van der Waals surface area contributed by atoms with Gasteiger partial charge in [0.2, 0.25) is 0 Å². The van der Waals surface area contributed by atoms with Crippen LogP contribution in [0.1, 0.15) is 19.4 Å². The molecule has 5 nitrogen and oxygen atoms in total. The fraction of sp³-hybridized carbons (Fsp3) is 0.222. The number of anilines is 1. The normalized spacial score (nSPS) is 12.0. The van der Waals surface area contributed by atoms with E-state index in [1.54, 1.807) is 31.3 Å². The van der Waals surface area contributed by atoms with Crippen LogP contribution in [0.2, 0.25) is 10.0 Å². The van der Waals surface area contributed by atoms with E-state index in [1.807, 2.05) is 31.2 Å². The molecule has 0 fully saturated rings. The van der Waals surface area contributed by atoms with Gasteiger partial charge in [0.25, 0.3) is 5.91 Å². The molecule has 2 rings (SSSR count). The van der Waals surface area contributed by atoms with Gasteiger partial charge in [-0.1, -0.05) is 23.2 Å². The molecule has 2 aromatic carbocycles. The molecule has 132 valence electrons. The van der Waals surface area contributed by atoms with E-state index in [2.05, 4.69) is 15.8 Å². The van der Waals surface area contributed by atoms with Gasteiger partial charge in [0.05, 0.1) is 22.9 Å². The first-order chi connectivity index (χ1) is 12.0. The minimum Gasteiger partial charge on any atom is -0.494 e. The number of hydrogen-bond donors (Lipinski definition) is 2. The van der Waals surface area contributed by atoms with Gasteiger partial charge >= 0.3 is 0 Å². The Labute approximate surface area is 157 Å². The number of rotatable bonds is 7. The van der Waals surface area contributed by atoms with Crippen molar-refractivity contribution in [3.63, 3.8) is 0 Å². The Balaban J connectivity index is 1.86. The number of halogens is 2. The highest BCUT2D eigenvalue weighted by Gasteiger charge is 2.12. The van der Waals surface area contributed by atoms with Gasteiger partial charge in [-0.15, -0.1) is 0 Å². The molecule has 0 spiro atoms. The molecule has 0 aliphatic rings. The van der Waals surface area contributed by atoms with Crippen LogP contribution in [0.5, 0.6) is 5.75 Å². The predicted octanol–water partition coefficient (Wildman–Crippen LogP) is 4.34. The number of carbonyl (C=O) groups is 1. The van der Waals surface area contributed by atoms with Crippen molar-refractivity contribution >= 4 is 41.0 Å². The van der Waals surface area contributed by atoms with E-state index in [4.69, 9.17) is 27.9 Å². The molecule has 1 atom stereocenters. The molecular formula is C18H19Cl2N3O2. The summed E-state index contributed by atoms with van der Waals surface area (Å²) in [6.07, 6.45) is 1.57. The molecule has 1 amide bonds. The first-order valence-corrected chi connectivity index (χ1v) is 8.52. The summed E-state index contributed by atoms with van der Waals surface area (Å²) in [5.74, 6) is 0.524. The van der Waals surface area contributed by atoms with Crippen molar-refractivity contribution in [3.8, 4) is 5.75 Å². The van der Waals surface area contributed by atoms with E-state index in [1.165, 1.54) is 0 Å². The number of benzene rings is 2. The predicted molar refractivity (Wildman–Crippen MR) is 103 cm³/mol. The Morgan fingerprint density at radius 1 is 1.20 bits per heavy atom. The maximum absolute atomic E-state index is 12.1. The first kappa shape index (κ1) is 19.1. The summed E-state index contributed by atoms with van der Waals surface area (Å²) in [7, 11) is 0. The van der Waals surface area contributed by atoms with Crippen LogP contribution in [-0.4, -0.2) is 24.8 Å². The quantitative estimate of drug-likeness (QED) is 0.555. The monoisotopic (exact) mass is 379 g/mol. The molecule has 2 N–H and O–H groups in total. The van der Waals surface area contributed by atoms with Crippen LogP contribution in [0, 0.1) is 0 Å². The molecule has 0 bridgehead atoms. The Morgan fingerprint density at radius 3 is 2.56 bits per heavy atom. The number of carbonyl (C=O) groups excluding carboxylic acids is 1. The third-order valence-electron chi connectivity index (χ3n) is 3.28. The largest absolute Gasteiger partial charge is 0.494 e. The van der Waals surface area contributed by atoms with E-state index in [0.717, 1.165) is 11.3 Å². The van der Waals surface area contributed by atoms with Crippen LogP contribution in [0.25, 0.3) is 0 Å². The lowest BCUT2D eigenvalue weighted by molar-refractivity contribution is -0.121. The highest BCUT2D eigenvalue weighted by atomic mass is 35.5. The van der Waals surface area contributed by atoms with E-state index >= 15 is 0 Å². The van der Waals surface area contributed by atoms with Gasteiger partial charge in [-0.25, -0.2) is 5.43 Å². The van der Waals surface area contributed by atoms with Gasteiger partial charge in [0.15, 0.2) is 0 Å². The van der Waals surface area contributed by atoms with Crippen LogP contribution in [0.4, 0.5) is 5.69 Å². The average Bonchev–Trinajstić information content (AvgIpc) is 2.60. The maximum atomic E-state index is 12.1. The van der Waals surface area contributed by atoms with Crippen LogP contribution in [0.15, 0.2) is 47.6 Å². The fourth-order valence-corrected chi connectivity index (χ4v) is 2.28. The zero-order valence-electron chi connectivity index (χ0n) is 13.9. The maximum Gasteiger partial charge on any atom is 0.262 e. The summed E-state index contributed by atoms with van der Waals surface area (Å²) >= 11 is 11.8. The number of amides is 1. The molecule has 0 aliphatic carbocycles. The Bertz CT molecular complexity index is 748. The van der Waals surface area contributed by atoms with Crippen LogP contribution < -0.4 is 15.5 Å². The summed E-state index contributed by atoms with van der Waals surface area (Å²) in [5, 5.41) is 7.88. The molecule has 0 saturated heterocycles. The number of nitrogens with one attached hydrogen (secondary N) is 2. The second kappa shape index (κ2) is 9.30. The minimum atomic E-state index is -0.491. The second-order valence-corrected chi connectivity index (χ2v) is 6.05. The second-order valence-electron chi connectivity index (χ2n) is 5.23. The Hall–Kier alpha value is -2.24. The molecule has 0 radical (unpaired) electrons. The van der Waals surface area contributed by atoms with Crippen molar-refractivity contribution in [2.24, 2.45) is 5.10 Å². The lowest BCUT2D eigenvalue weighted by Crippen LogP contribution is -2.34. The van der Waals surface area contributed by atoms with E-state index < -0.39 is 6.04 Å². The summed E-state index contributed by atoms with van der Waals surface area (Å²) in [6, 6.07) is 12.0. The SMILES string of the molecule is CCOc1ccc(/C=N\NC(=O)[C@@H](C)Nc2ccc(Cl)c(Cl)c2)cc1. The van der Waals surface area contributed by atoms with E-state index in [9.17, 15) is 4.79 Å². The van der Waals surface area contributed by atoms with Crippen LogP contribution >= 0.6 is 23.2 Å². The molecule has 0 aromatic heterocycles. The number of ether oxygens (including phenoxy) is 1. The topological polar surface area (TPSA) is 62.7 Å². The van der Waals surface area contributed by atoms with Crippen molar-refractivity contribution in [3.05, 3.63) is 58.1 Å². The lowest BCUT2D eigenvalue weighted by Gasteiger charge is -2.13. The molecule has 2 aromatic rings. The Morgan fingerprint density at radius 2 is 1.92 bits per heavy atom. The lowest BCUT2D eigenvalue weighted by atomic mass is 10.2. The first-order valence-electron chi connectivity index (χ1n) is 7.77. The van der Waals surface area contributed by atoms with E-state index in [-0.39, 0.29) is 5.91 Å². The molecule has 0 saturated carbocycles. The Kier molecular flexibility index (Phi) is 7.10. The standard InChI is InChI=1S/C18H19Cl2N3O2/c1-3-25-15-7-4-13(5-8-15)11-21-23-18(24)12(2)22-14-6-9-16(19)17(20)10-14/h4-12,22H,3H2,1-2H3,(H,23,24)/b21-11-/t12-/m1/s1. The summed E-state index contributed by atoms with van der Waals surface area (Å²) < 4.78 is 5.37. The van der Waals surface area contributed by atoms with Crippen LogP contribution in [0.3, 0.4) is 0 Å². The van der Waals surface area contributed by atoms with Crippen molar-refractivity contribution in [2.75, 3.05) is 11.9 Å². The zero-order valence-corrected chi connectivity index (χ0v) is 15.4. The van der Waals surface area contributed by atoms with E-state index in [0.29, 0.717) is 22.3 Å². The fourth-order valence-electron chi connectivity index (χ4n) is 1.99. The van der Waals surface area contributed by atoms with Gasteiger partial charge in [-0.05, 0) is 61.9 Å². The molecule has 25 heavy (non-hydrogen) atoms. The molecule has 0 unspecified atom stereocenters. The summed E-state index contributed by atoms with van der Waals surface area (Å²) in [5.41, 5.74) is 4.05. The van der Waals surface area contributed by atoms with Gasteiger partial charge in [0, 0.05) is 5.69 Å². The van der Waals surface area contributed by atoms with Crippen molar-refractivity contribution in [2.45, 2.75) is 19.9 Å². The smallest absolute Gasteiger partial charge is 0.262 e. The summed E-state index contributed by atoms with van der Waals surface area (Å²) in [4.78, 5) is 12.1. The highest BCUT2D eigenvalue weighted by molar-refractivity contribution is 6.42. The van der Waals surface area contributed by atoms with Gasteiger partial charge in [0.1, 0.15) is 11.8 Å². The molecule has 0 heterocycles. The molecular weight excluding hydrogens is 361 g/mol. The third kappa shape index (κ3) is 5.96. The number of hydrazone groups is 1. The van der Waals surface area contributed by atoms with Crippen molar-refractivity contribution in [1.29, 1.82) is 0 Å². The van der Waals surface area contributed by atoms with Crippen LogP contribution in [-0.2, 0) is 4.79 Å². The van der Waals surface area contributed by atoms with Gasteiger partial charge < -0.3 is 10.1 Å². The third-order valence-corrected chi connectivity index (χ3v) is 4.01. The van der Waals surface area contributed by atoms with Gasteiger partial charge in [-0.3, -0.25) is 4.79 Å². The van der Waals surface area contributed by atoms with Crippen molar-refractivity contribution in [1.82, 2.24) is 5.43 Å². The average molecular weight is 380 g/mol. The molecule has 0 aliphatic heterocycles. The van der Waals surface area contributed by atoms with Gasteiger partial charge in [-0.2, -0.15) is 5.10 Å². The zero-order chi connectivity index (χ0) is 18.2. The summed E-state index contributed by atoms with van der Waals surface area (Å²) in [6.45, 7) is 4.27. The minimum absolute atomic E-state index is 0.270. The number of nitrogens with zero attached hydrogens (tertiary/aromatic N) is 1. The number of hydrogen-bond acceptors (Lipinski definition) is 4. The van der Waals surface area contributed by atoms with Crippen molar-refractivity contribution < 1.29 is 9.53 Å².